The zero-order valence-corrected chi connectivity index (χ0v) is 27.0. The van der Waals surface area contributed by atoms with Crippen LogP contribution in [0, 0.1) is 25.2 Å². The lowest BCUT2D eigenvalue weighted by Crippen LogP contribution is -2.22. The number of hydrogen-bond acceptors (Lipinski definition) is 5. The molecule has 2 heterocycles. The van der Waals surface area contributed by atoms with Crippen molar-refractivity contribution >= 4 is 40.0 Å². The van der Waals surface area contributed by atoms with Gasteiger partial charge in [-0.15, -0.1) is 0 Å². The number of nitrogens with zero attached hydrogens (tertiary/aromatic N) is 4. The first kappa shape index (κ1) is 29.8. The van der Waals surface area contributed by atoms with Crippen molar-refractivity contribution in [2.24, 2.45) is 0 Å². The summed E-state index contributed by atoms with van der Waals surface area (Å²) in [5, 5.41) is 10.5. The fourth-order valence-corrected chi connectivity index (χ4v) is 7.56. The van der Waals surface area contributed by atoms with Gasteiger partial charge in [0.2, 0.25) is 0 Å². The summed E-state index contributed by atoms with van der Waals surface area (Å²) in [6.07, 6.45) is 2.97. The number of rotatable bonds is 10. The van der Waals surface area contributed by atoms with Crippen LogP contribution in [0.15, 0.2) is 65.7 Å². The van der Waals surface area contributed by atoms with Crippen molar-refractivity contribution in [3.05, 3.63) is 94.4 Å². The van der Waals surface area contributed by atoms with E-state index in [0.717, 1.165) is 57.0 Å². The van der Waals surface area contributed by atoms with Crippen LogP contribution in [0.4, 0.5) is 0 Å². The average Bonchev–Trinajstić information content (AvgIpc) is 3.54. The highest BCUT2D eigenvalue weighted by Gasteiger charge is 2.24. The summed E-state index contributed by atoms with van der Waals surface area (Å²) in [5.41, 5.74) is 7.04. The molecule has 0 unspecified atom stereocenters. The molecule has 0 aliphatic carbocycles. The second-order valence-corrected chi connectivity index (χ2v) is 19.6. The Labute approximate surface area is 249 Å². The van der Waals surface area contributed by atoms with Gasteiger partial charge in [-0.2, -0.15) is 5.26 Å². The molecule has 2 aromatic heterocycles. The van der Waals surface area contributed by atoms with E-state index in [0.29, 0.717) is 30.8 Å². The Hall–Kier alpha value is -3.71. The van der Waals surface area contributed by atoms with Gasteiger partial charge in [-0.3, -0.25) is 0 Å². The minimum absolute atomic E-state index is 0.261. The van der Waals surface area contributed by atoms with Crippen LogP contribution in [0.3, 0.4) is 0 Å². The summed E-state index contributed by atoms with van der Waals surface area (Å²) >= 11 is 0. The van der Waals surface area contributed by atoms with Gasteiger partial charge >= 0.3 is 0 Å². The van der Waals surface area contributed by atoms with Crippen LogP contribution >= 0.6 is 0 Å². The third kappa shape index (κ3) is 5.80. The molecule has 3 aromatic carbocycles. The molecule has 0 saturated carbocycles. The van der Waals surface area contributed by atoms with Gasteiger partial charge in [-0.25, -0.2) is 17.4 Å². The number of fused-ring (bicyclic) bond motifs is 2. The molecule has 0 radical (unpaired) electrons. The van der Waals surface area contributed by atoms with Crippen LogP contribution in [0.25, 0.3) is 21.9 Å². The van der Waals surface area contributed by atoms with Gasteiger partial charge < -0.3 is 9.30 Å². The Morgan fingerprint density at radius 3 is 2.43 bits per heavy atom. The van der Waals surface area contributed by atoms with Crippen molar-refractivity contribution < 1.29 is 13.2 Å². The lowest BCUT2D eigenvalue weighted by atomic mass is 9.95. The molecule has 218 valence electrons. The minimum atomic E-state index is -3.79. The minimum Gasteiger partial charge on any atom is -0.361 e. The van der Waals surface area contributed by atoms with E-state index in [1.165, 1.54) is 3.97 Å². The zero-order valence-electron chi connectivity index (χ0n) is 25.2. The van der Waals surface area contributed by atoms with E-state index in [-0.39, 0.29) is 4.90 Å². The van der Waals surface area contributed by atoms with E-state index in [2.05, 4.69) is 43.3 Å². The second kappa shape index (κ2) is 11.5. The largest absolute Gasteiger partial charge is 0.361 e. The Balaban J connectivity index is 1.62. The van der Waals surface area contributed by atoms with Crippen molar-refractivity contribution in [3.63, 3.8) is 0 Å². The number of hydrogen-bond donors (Lipinski definition) is 0. The van der Waals surface area contributed by atoms with E-state index in [1.807, 2.05) is 44.2 Å². The highest BCUT2D eigenvalue weighted by atomic mass is 32.2. The predicted molar refractivity (Wildman–Crippen MR) is 171 cm³/mol. The van der Waals surface area contributed by atoms with Crippen LogP contribution in [-0.4, -0.2) is 36.6 Å². The molecule has 5 rings (SSSR count). The number of ether oxygens (including phenoxy) is 1. The van der Waals surface area contributed by atoms with Gasteiger partial charge in [0.1, 0.15) is 12.6 Å². The van der Waals surface area contributed by atoms with Crippen LogP contribution in [0.5, 0.6) is 0 Å². The molecular weight excluding hydrogens is 561 g/mol. The molecule has 42 heavy (non-hydrogen) atoms. The van der Waals surface area contributed by atoms with Crippen molar-refractivity contribution in [2.75, 3.05) is 6.61 Å². The number of benzene rings is 3. The van der Waals surface area contributed by atoms with Crippen molar-refractivity contribution in [1.29, 1.82) is 5.26 Å². The highest BCUT2D eigenvalue weighted by Crippen LogP contribution is 2.33. The van der Waals surface area contributed by atoms with Crippen LogP contribution < -0.4 is 0 Å². The number of aromatic nitrogens is 3. The Kier molecular flexibility index (Phi) is 8.16. The van der Waals surface area contributed by atoms with E-state index in [1.54, 1.807) is 24.4 Å². The summed E-state index contributed by atoms with van der Waals surface area (Å²) < 4.78 is 37.1. The number of imidazole rings is 1. The lowest BCUT2D eigenvalue weighted by molar-refractivity contribution is 0.0881. The van der Waals surface area contributed by atoms with Gasteiger partial charge in [-0.05, 0) is 79.4 Å². The normalized spacial score (nSPS) is 12.3. The fraction of sp³-hybridized carbons (Fsp3) is 0.333. The van der Waals surface area contributed by atoms with Crippen molar-refractivity contribution in [2.45, 2.75) is 70.9 Å². The predicted octanol–water partition coefficient (Wildman–Crippen LogP) is 7.18. The highest BCUT2D eigenvalue weighted by molar-refractivity contribution is 7.90. The van der Waals surface area contributed by atoms with Crippen LogP contribution in [0.2, 0.25) is 25.7 Å². The van der Waals surface area contributed by atoms with Gasteiger partial charge in [0.15, 0.2) is 0 Å². The molecule has 0 bridgehead atoms. The Morgan fingerprint density at radius 2 is 1.76 bits per heavy atom. The fourth-order valence-electron chi connectivity index (χ4n) is 5.40. The molecule has 0 fully saturated rings. The quantitative estimate of drug-likeness (QED) is 0.125. The maximum Gasteiger partial charge on any atom is 0.268 e. The Bertz CT molecular complexity index is 1920. The van der Waals surface area contributed by atoms with E-state index in [9.17, 15) is 13.7 Å². The summed E-state index contributed by atoms with van der Waals surface area (Å²) in [6, 6.07) is 19.8. The van der Waals surface area contributed by atoms with Crippen LogP contribution in [-0.2, 0) is 34.3 Å². The third-order valence-electron chi connectivity index (χ3n) is 7.80. The molecule has 5 aromatic rings. The van der Waals surface area contributed by atoms with Crippen molar-refractivity contribution in [3.8, 4) is 6.07 Å². The van der Waals surface area contributed by atoms with Gasteiger partial charge in [0.05, 0.1) is 33.1 Å². The summed E-state index contributed by atoms with van der Waals surface area (Å²) in [4.78, 5) is 5.24. The maximum atomic E-state index is 13.8. The van der Waals surface area contributed by atoms with E-state index in [4.69, 9.17) is 9.72 Å². The van der Waals surface area contributed by atoms with Crippen molar-refractivity contribution in [1.82, 2.24) is 13.5 Å². The molecule has 0 atom stereocenters. The van der Waals surface area contributed by atoms with Gasteiger partial charge in [0.25, 0.3) is 10.0 Å². The lowest BCUT2D eigenvalue weighted by Gasteiger charge is -2.17. The van der Waals surface area contributed by atoms with Crippen LogP contribution in [0.1, 0.15) is 40.6 Å². The molecular formula is C33H38N4O3SSi. The zero-order chi connectivity index (χ0) is 30.2. The first-order chi connectivity index (χ1) is 19.9. The molecule has 0 spiro atoms. The Morgan fingerprint density at radius 1 is 1.02 bits per heavy atom. The molecule has 9 heteroatoms. The summed E-state index contributed by atoms with van der Waals surface area (Å²) in [5.74, 6) is 0.821. The molecule has 0 aliphatic rings. The smallest absolute Gasteiger partial charge is 0.268 e. The SMILES string of the molecule is CCc1cc(C)c2c(ccn2S(=O)(=O)c2ccc(C)cc2)c1Cc1nc2ccc(C#N)cc2n1COCC[Si](C)(C)C. The van der Waals surface area contributed by atoms with E-state index < -0.39 is 18.1 Å². The number of aryl methyl sites for hydroxylation is 3. The van der Waals surface area contributed by atoms with E-state index >= 15 is 0 Å². The third-order valence-corrected chi connectivity index (χ3v) is 11.2. The molecule has 0 saturated heterocycles. The topological polar surface area (TPSA) is 89.9 Å². The first-order valence-electron chi connectivity index (χ1n) is 14.3. The summed E-state index contributed by atoms with van der Waals surface area (Å²) in [6.45, 7) is 14.0. The average molecular weight is 599 g/mol. The molecule has 0 aliphatic heterocycles. The molecule has 0 N–H and O–H groups in total. The number of nitriles is 1. The maximum absolute atomic E-state index is 13.8. The van der Waals surface area contributed by atoms with Gasteiger partial charge in [0, 0.05) is 32.7 Å². The molecule has 0 amide bonds. The monoisotopic (exact) mass is 598 g/mol. The molecule has 7 nitrogen and oxygen atoms in total. The second-order valence-electron chi connectivity index (χ2n) is 12.2. The standard InChI is InChI=1S/C33H38N4O3SSi/c1-7-26-18-24(3)33-28(14-15-37(33)41(38,39)27-11-8-23(2)9-12-27)29(26)20-32-35-30-13-10-25(21-34)19-31(30)36(32)22-40-16-17-42(4,5)6/h8-15,18-19H,7,16-17,20,22H2,1-6H3. The van der Waals surface area contributed by atoms with Gasteiger partial charge in [-0.1, -0.05) is 50.3 Å². The first-order valence-corrected chi connectivity index (χ1v) is 19.5. The summed E-state index contributed by atoms with van der Waals surface area (Å²) in [7, 11) is -5.04.